The molecule has 4 rings (SSSR count). The molecule has 1 N–H and O–H groups in total. The Morgan fingerprint density at radius 1 is 1.23 bits per heavy atom. The summed E-state index contributed by atoms with van der Waals surface area (Å²) in [5.74, 6) is 0. The molecular weight excluding hydrogens is 272 g/mol. The molecule has 2 saturated heterocycles. The Labute approximate surface area is 132 Å². The first-order valence-corrected chi connectivity index (χ1v) is 8.34. The number of hydrogen-bond donors (Lipinski definition) is 1. The van der Waals surface area contributed by atoms with E-state index >= 15 is 0 Å². The second-order valence-corrected chi connectivity index (χ2v) is 6.82. The Hall–Kier alpha value is -1.65. The second-order valence-electron chi connectivity index (χ2n) is 6.82. The van der Waals surface area contributed by atoms with Gasteiger partial charge in [0.05, 0.1) is 11.9 Å². The van der Waals surface area contributed by atoms with Gasteiger partial charge in [0, 0.05) is 37.7 Å². The number of likely N-dealkylation sites (tertiary alicyclic amines) is 1. The van der Waals surface area contributed by atoms with Crippen molar-refractivity contribution in [2.24, 2.45) is 5.41 Å². The van der Waals surface area contributed by atoms with Gasteiger partial charge >= 0.3 is 0 Å². The maximum atomic E-state index is 4.24. The SMILES string of the molecule is c1cncc(-n2cccc2CN2CCC3(CCCNC3)C2)c1. The van der Waals surface area contributed by atoms with Gasteiger partial charge in [-0.05, 0) is 62.0 Å². The summed E-state index contributed by atoms with van der Waals surface area (Å²) in [5, 5.41) is 3.59. The highest BCUT2D eigenvalue weighted by atomic mass is 15.2. The van der Waals surface area contributed by atoms with Crippen molar-refractivity contribution in [2.75, 3.05) is 26.2 Å². The summed E-state index contributed by atoms with van der Waals surface area (Å²) < 4.78 is 2.26. The topological polar surface area (TPSA) is 33.1 Å². The van der Waals surface area contributed by atoms with Crippen LogP contribution in [-0.2, 0) is 6.54 Å². The fourth-order valence-electron chi connectivity index (χ4n) is 4.06. The summed E-state index contributed by atoms with van der Waals surface area (Å²) in [5.41, 5.74) is 3.04. The lowest BCUT2D eigenvalue weighted by atomic mass is 9.80. The number of piperidine rings is 1. The maximum absolute atomic E-state index is 4.24. The molecule has 0 bridgehead atoms. The van der Waals surface area contributed by atoms with E-state index in [0.29, 0.717) is 5.41 Å². The van der Waals surface area contributed by atoms with Crippen LogP contribution in [-0.4, -0.2) is 40.6 Å². The predicted octanol–water partition coefficient (Wildman–Crippen LogP) is 2.45. The third-order valence-electron chi connectivity index (χ3n) is 5.22. The first-order chi connectivity index (χ1) is 10.8. The number of pyridine rings is 1. The summed E-state index contributed by atoms with van der Waals surface area (Å²) in [6.07, 6.45) is 9.96. The summed E-state index contributed by atoms with van der Waals surface area (Å²) in [4.78, 5) is 6.86. The van der Waals surface area contributed by atoms with Gasteiger partial charge in [-0.1, -0.05) is 0 Å². The molecule has 4 heterocycles. The molecule has 0 saturated carbocycles. The molecule has 1 atom stereocenters. The lowest BCUT2D eigenvalue weighted by Crippen LogP contribution is -2.41. The van der Waals surface area contributed by atoms with E-state index < -0.39 is 0 Å². The molecule has 4 nitrogen and oxygen atoms in total. The van der Waals surface area contributed by atoms with E-state index in [-0.39, 0.29) is 0 Å². The van der Waals surface area contributed by atoms with E-state index in [1.165, 1.54) is 51.1 Å². The van der Waals surface area contributed by atoms with Crippen LogP contribution in [0.25, 0.3) is 5.69 Å². The smallest absolute Gasteiger partial charge is 0.0636 e. The Morgan fingerprint density at radius 2 is 2.23 bits per heavy atom. The summed E-state index contributed by atoms with van der Waals surface area (Å²) >= 11 is 0. The molecule has 0 aliphatic carbocycles. The van der Waals surface area contributed by atoms with Gasteiger partial charge in [0.25, 0.3) is 0 Å². The minimum Gasteiger partial charge on any atom is -0.318 e. The molecule has 1 unspecified atom stereocenters. The number of nitrogens with zero attached hydrogens (tertiary/aromatic N) is 3. The van der Waals surface area contributed by atoms with Crippen LogP contribution in [0.4, 0.5) is 0 Å². The van der Waals surface area contributed by atoms with Crippen molar-refractivity contribution in [3.05, 3.63) is 48.5 Å². The van der Waals surface area contributed by atoms with Gasteiger partial charge in [0.15, 0.2) is 0 Å². The molecule has 2 aliphatic heterocycles. The summed E-state index contributed by atoms with van der Waals surface area (Å²) in [7, 11) is 0. The van der Waals surface area contributed by atoms with Crippen molar-refractivity contribution in [2.45, 2.75) is 25.8 Å². The monoisotopic (exact) mass is 296 g/mol. The predicted molar refractivity (Wildman–Crippen MR) is 88.0 cm³/mol. The summed E-state index contributed by atoms with van der Waals surface area (Å²) in [6.45, 7) is 5.89. The lowest BCUT2D eigenvalue weighted by Gasteiger charge is -2.34. The first-order valence-electron chi connectivity index (χ1n) is 8.34. The highest BCUT2D eigenvalue weighted by Crippen LogP contribution is 2.37. The molecule has 0 radical (unpaired) electrons. The zero-order chi connectivity index (χ0) is 14.8. The van der Waals surface area contributed by atoms with E-state index in [4.69, 9.17) is 0 Å². The van der Waals surface area contributed by atoms with Gasteiger partial charge in [-0.25, -0.2) is 0 Å². The second kappa shape index (κ2) is 5.86. The third kappa shape index (κ3) is 2.69. The fraction of sp³-hybridized carbons (Fsp3) is 0.500. The van der Waals surface area contributed by atoms with Crippen LogP contribution in [0.5, 0.6) is 0 Å². The standard InChI is InChI=1S/C18H24N4/c1-4-16(12-19-8-1)22-10-2-5-17(22)13-21-11-7-18(15-21)6-3-9-20-14-18/h1-2,4-5,8,10,12,20H,3,6-7,9,11,13-15H2. The van der Waals surface area contributed by atoms with Crippen LogP contribution in [0.2, 0.25) is 0 Å². The molecule has 0 aromatic carbocycles. The van der Waals surface area contributed by atoms with Crippen LogP contribution in [0.1, 0.15) is 25.0 Å². The molecule has 4 heteroatoms. The quantitative estimate of drug-likeness (QED) is 0.944. The number of hydrogen-bond acceptors (Lipinski definition) is 3. The van der Waals surface area contributed by atoms with Gasteiger partial charge < -0.3 is 9.88 Å². The average Bonchev–Trinajstić information content (AvgIpc) is 3.17. The van der Waals surface area contributed by atoms with Gasteiger partial charge in [-0.15, -0.1) is 0 Å². The Bertz CT molecular complexity index is 613. The molecule has 2 fully saturated rings. The molecule has 2 aliphatic rings. The van der Waals surface area contributed by atoms with Crippen LogP contribution in [0.15, 0.2) is 42.9 Å². The normalized spacial score (nSPS) is 25.8. The first kappa shape index (κ1) is 14.0. The zero-order valence-electron chi connectivity index (χ0n) is 13.0. The van der Waals surface area contributed by atoms with Gasteiger partial charge in [-0.3, -0.25) is 9.88 Å². The van der Waals surface area contributed by atoms with Crippen LogP contribution in [0, 0.1) is 5.41 Å². The van der Waals surface area contributed by atoms with E-state index in [1.54, 1.807) is 0 Å². The van der Waals surface area contributed by atoms with Crippen molar-refractivity contribution in [1.82, 2.24) is 19.8 Å². The van der Waals surface area contributed by atoms with E-state index in [2.05, 4.69) is 44.2 Å². The molecule has 2 aromatic rings. The highest BCUT2D eigenvalue weighted by Gasteiger charge is 2.38. The van der Waals surface area contributed by atoms with Crippen molar-refractivity contribution < 1.29 is 0 Å². The van der Waals surface area contributed by atoms with Crippen molar-refractivity contribution in [3.63, 3.8) is 0 Å². The highest BCUT2D eigenvalue weighted by molar-refractivity contribution is 5.32. The number of rotatable bonds is 3. The van der Waals surface area contributed by atoms with Gasteiger partial charge in [0.2, 0.25) is 0 Å². The fourth-order valence-corrected chi connectivity index (χ4v) is 4.06. The molecule has 0 amide bonds. The maximum Gasteiger partial charge on any atom is 0.0636 e. The largest absolute Gasteiger partial charge is 0.318 e. The van der Waals surface area contributed by atoms with Crippen molar-refractivity contribution >= 4 is 0 Å². The zero-order valence-corrected chi connectivity index (χ0v) is 13.0. The number of aromatic nitrogens is 2. The average molecular weight is 296 g/mol. The minimum atomic E-state index is 0.532. The minimum absolute atomic E-state index is 0.532. The summed E-state index contributed by atoms with van der Waals surface area (Å²) in [6, 6.07) is 8.48. The van der Waals surface area contributed by atoms with Crippen LogP contribution in [0.3, 0.4) is 0 Å². The van der Waals surface area contributed by atoms with E-state index in [9.17, 15) is 0 Å². The Kier molecular flexibility index (Phi) is 3.72. The van der Waals surface area contributed by atoms with E-state index in [1.807, 2.05) is 18.5 Å². The van der Waals surface area contributed by atoms with Crippen LogP contribution >= 0.6 is 0 Å². The van der Waals surface area contributed by atoms with Gasteiger partial charge in [0.1, 0.15) is 0 Å². The van der Waals surface area contributed by atoms with Gasteiger partial charge in [-0.2, -0.15) is 0 Å². The molecule has 22 heavy (non-hydrogen) atoms. The number of nitrogens with one attached hydrogen (secondary N) is 1. The van der Waals surface area contributed by atoms with Crippen molar-refractivity contribution in [1.29, 1.82) is 0 Å². The van der Waals surface area contributed by atoms with E-state index in [0.717, 1.165) is 12.2 Å². The molecular formula is C18H24N4. The Balaban J connectivity index is 1.48. The Morgan fingerprint density at radius 3 is 3.05 bits per heavy atom. The third-order valence-corrected chi connectivity index (χ3v) is 5.22. The molecule has 2 aromatic heterocycles. The van der Waals surface area contributed by atoms with Crippen LogP contribution < -0.4 is 5.32 Å². The molecule has 1 spiro atoms. The van der Waals surface area contributed by atoms with Crippen molar-refractivity contribution in [3.8, 4) is 5.69 Å². The molecule has 116 valence electrons. The lowest BCUT2D eigenvalue weighted by molar-refractivity contribution is 0.198.